The number of hydrogen-bond acceptors (Lipinski definition) is 3. The van der Waals surface area contributed by atoms with E-state index in [1.165, 1.54) is 49.8 Å². The first kappa shape index (κ1) is 22.4. The van der Waals surface area contributed by atoms with Gasteiger partial charge in [0.2, 0.25) is 0 Å². The molecule has 0 aliphatic rings. The van der Waals surface area contributed by atoms with Crippen LogP contribution in [-0.2, 0) is 6.42 Å². The van der Waals surface area contributed by atoms with Gasteiger partial charge in [-0.3, -0.25) is 0 Å². The predicted molar refractivity (Wildman–Crippen MR) is 123 cm³/mol. The second-order valence-corrected chi connectivity index (χ2v) is 8.05. The zero-order chi connectivity index (χ0) is 20.5. The molecule has 0 unspecified atom stereocenters. The van der Waals surface area contributed by atoms with E-state index in [0.29, 0.717) is 12.1 Å². The van der Waals surface area contributed by atoms with Crippen molar-refractivity contribution >= 4 is 23.0 Å². The van der Waals surface area contributed by atoms with Crippen molar-refractivity contribution in [3.8, 4) is 5.75 Å². The van der Waals surface area contributed by atoms with Gasteiger partial charge in [0.05, 0.1) is 5.69 Å². The number of unbranched alkanes of at least 4 members (excludes halogenated alkanes) is 4. The maximum Gasteiger partial charge on any atom is 0.139 e. The largest absolute Gasteiger partial charge is 0.506 e. The number of halogens is 1. The number of hydrogen-bond donors (Lipinski definition) is 2. The fourth-order valence-corrected chi connectivity index (χ4v) is 3.79. The van der Waals surface area contributed by atoms with Crippen LogP contribution in [0.1, 0.15) is 69.1 Å². The predicted octanol–water partition coefficient (Wildman–Crippen LogP) is 6.71. The maximum absolute atomic E-state index is 9.94. The highest BCUT2D eigenvalue weighted by molar-refractivity contribution is 6.34. The number of phenols is 1. The minimum Gasteiger partial charge on any atom is -0.506 e. The molecule has 0 aromatic heterocycles. The summed E-state index contributed by atoms with van der Waals surface area (Å²) in [6.45, 7) is 8.59. The van der Waals surface area contributed by atoms with E-state index in [2.05, 4.69) is 43.0 Å². The lowest BCUT2D eigenvalue weighted by atomic mass is 10.0. The quantitative estimate of drug-likeness (QED) is 0.324. The van der Waals surface area contributed by atoms with E-state index in [9.17, 15) is 5.11 Å². The van der Waals surface area contributed by atoms with E-state index in [1.807, 2.05) is 13.0 Å². The standard InChI is InChI=1S/C24H35ClN2O/c1-4-6-8-14-27(15-9-7-5-2)21-12-10-19(11-13-21)17-20-16-18(3)24(28)22(25)23(20)26/h10-13,16,28H,4-9,14-15,17,26H2,1-3H3. The molecule has 2 aromatic carbocycles. The van der Waals surface area contributed by atoms with Gasteiger partial charge in [-0.2, -0.15) is 0 Å². The van der Waals surface area contributed by atoms with Crippen molar-refractivity contribution in [1.29, 1.82) is 0 Å². The number of aromatic hydroxyl groups is 1. The lowest BCUT2D eigenvalue weighted by Gasteiger charge is -2.25. The minimum absolute atomic E-state index is 0.0769. The van der Waals surface area contributed by atoms with Crippen LogP contribution >= 0.6 is 11.6 Å². The molecule has 0 bridgehead atoms. The van der Waals surface area contributed by atoms with Gasteiger partial charge < -0.3 is 15.7 Å². The molecule has 0 atom stereocenters. The molecule has 4 heteroatoms. The van der Waals surface area contributed by atoms with Crippen LogP contribution in [0.3, 0.4) is 0 Å². The molecule has 0 radical (unpaired) electrons. The van der Waals surface area contributed by atoms with E-state index in [4.69, 9.17) is 17.3 Å². The monoisotopic (exact) mass is 402 g/mol. The summed E-state index contributed by atoms with van der Waals surface area (Å²) in [4.78, 5) is 2.52. The molecule has 2 rings (SSSR count). The van der Waals surface area contributed by atoms with Gasteiger partial charge in [-0.25, -0.2) is 0 Å². The van der Waals surface area contributed by atoms with Gasteiger partial charge in [0, 0.05) is 18.8 Å². The summed E-state index contributed by atoms with van der Waals surface area (Å²) in [5.74, 6) is 0.0769. The fourth-order valence-electron chi connectivity index (χ4n) is 3.52. The molecular weight excluding hydrogens is 368 g/mol. The second kappa shape index (κ2) is 11.2. The van der Waals surface area contributed by atoms with Crippen molar-refractivity contribution in [2.24, 2.45) is 0 Å². The van der Waals surface area contributed by atoms with Gasteiger partial charge >= 0.3 is 0 Å². The van der Waals surface area contributed by atoms with Gasteiger partial charge in [-0.15, -0.1) is 0 Å². The first-order valence-electron chi connectivity index (χ1n) is 10.6. The molecule has 28 heavy (non-hydrogen) atoms. The van der Waals surface area contributed by atoms with E-state index < -0.39 is 0 Å². The van der Waals surface area contributed by atoms with Gasteiger partial charge in [0.1, 0.15) is 10.8 Å². The normalized spacial score (nSPS) is 11.0. The van der Waals surface area contributed by atoms with Crippen LogP contribution in [-0.4, -0.2) is 18.2 Å². The summed E-state index contributed by atoms with van der Waals surface area (Å²) in [5, 5.41) is 10.2. The van der Waals surface area contributed by atoms with Crippen LogP contribution in [0, 0.1) is 6.92 Å². The summed E-state index contributed by atoms with van der Waals surface area (Å²) in [7, 11) is 0. The average molecular weight is 403 g/mol. The number of phenolic OH excluding ortho intramolecular Hbond substituents is 1. The summed E-state index contributed by atoms with van der Waals surface area (Å²) < 4.78 is 0. The van der Waals surface area contributed by atoms with E-state index in [-0.39, 0.29) is 10.8 Å². The van der Waals surface area contributed by atoms with Crippen molar-refractivity contribution < 1.29 is 5.11 Å². The number of anilines is 2. The third-order valence-electron chi connectivity index (χ3n) is 5.31. The van der Waals surface area contributed by atoms with E-state index >= 15 is 0 Å². The zero-order valence-corrected chi connectivity index (χ0v) is 18.4. The van der Waals surface area contributed by atoms with Crippen LogP contribution in [0.25, 0.3) is 0 Å². The minimum atomic E-state index is 0.0769. The Morgan fingerprint density at radius 1 is 0.964 bits per heavy atom. The van der Waals surface area contributed by atoms with Gasteiger partial charge in [-0.1, -0.05) is 63.3 Å². The summed E-state index contributed by atoms with van der Waals surface area (Å²) in [5.41, 5.74) is 10.8. The molecule has 3 nitrogen and oxygen atoms in total. The SMILES string of the molecule is CCCCCN(CCCCC)c1ccc(Cc2cc(C)c(O)c(Cl)c2N)cc1. The van der Waals surface area contributed by atoms with Crippen molar-refractivity contribution in [3.63, 3.8) is 0 Å². The maximum atomic E-state index is 9.94. The molecule has 0 fully saturated rings. The molecule has 0 saturated carbocycles. The number of aryl methyl sites for hydroxylation is 1. The highest BCUT2D eigenvalue weighted by Crippen LogP contribution is 2.36. The number of rotatable bonds is 11. The summed E-state index contributed by atoms with van der Waals surface area (Å²) >= 11 is 6.16. The van der Waals surface area contributed by atoms with Crippen molar-refractivity contribution in [2.75, 3.05) is 23.7 Å². The first-order valence-corrected chi connectivity index (χ1v) is 11.0. The number of nitrogens with zero attached hydrogens (tertiary/aromatic N) is 1. The smallest absolute Gasteiger partial charge is 0.139 e. The van der Waals surface area contributed by atoms with Crippen LogP contribution in [0.15, 0.2) is 30.3 Å². The average Bonchev–Trinajstić information content (AvgIpc) is 2.70. The third-order valence-corrected chi connectivity index (χ3v) is 5.70. The van der Waals surface area contributed by atoms with Crippen LogP contribution in [0.5, 0.6) is 5.75 Å². The highest BCUT2D eigenvalue weighted by atomic mass is 35.5. The molecule has 0 aliphatic heterocycles. The molecule has 0 amide bonds. The Kier molecular flexibility index (Phi) is 8.98. The zero-order valence-electron chi connectivity index (χ0n) is 17.6. The Morgan fingerprint density at radius 3 is 2.07 bits per heavy atom. The van der Waals surface area contributed by atoms with Crippen LogP contribution in [0.4, 0.5) is 11.4 Å². The van der Waals surface area contributed by atoms with Gasteiger partial charge in [0.15, 0.2) is 0 Å². The third kappa shape index (κ3) is 6.07. The molecule has 2 aromatic rings. The Morgan fingerprint density at radius 2 is 1.54 bits per heavy atom. The molecule has 0 aliphatic carbocycles. The second-order valence-electron chi connectivity index (χ2n) is 7.67. The van der Waals surface area contributed by atoms with Crippen LogP contribution < -0.4 is 10.6 Å². The number of nitrogens with two attached hydrogens (primary N) is 1. The molecule has 0 saturated heterocycles. The lowest BCUT2D eigenvalue weighted by molar-refractivity contribution is 0.471. The topological polar surface area (TPSA) is 49.5 Å². The number of nitrogen functional groups attached to an aromatic ring is 1. The van der Waals surface area contributed by atoms with Crippen molar-refractivity contribution in [3.05, 3.63) is 52.0 Å². The molecular formula is C24H35ClN2O. The molecule has 154 valence electrons. The first-order chi connectivity index (χ1) is 13.5. The number of benzene rings is 2. The van der Waals surface area contributed by atoms with Crippen molar-refractivity contribution in [1.82, 2.24) is 0 Å². The van der Waals surface area contributed by atoms with E-state index in [0.717, 1.165) is 24.2 Å². The Labute approximate surface area is 175 Å². The molecule has 0 heterocycles. The summed E-state index contributed by atoms with van der Waals surface area (Å²) in [6.07, 6.45) is 8.25. The lowest BCUT2D eigenvalue weighted by Crippen LogP contribution is -2.25. The van der Waals surface area contributed by atoms with E-state index in [1.54, 1.807) is 0 Å². The van der Waals surface area contributed by atoms with Gasteiger partial charge in [0.25, 0.3) is 0 Å². The fraction of sp³-hybridized carbons (Fsp3) is 0.500. The van der Waals surface area contributed by atoms with Crippen LogP contribution in [0.2, 0.25) is 5.02 Å². The molecule has 0 spiro atoms. The Bertz CT molecular complexity index is 733. The highest BCUT2D eigenvalue weighted by Gasteiger charge is 2.13. The molecule has 3 N–H and O–H groups in total. The van der Waals surface area contributed by atoms with Crippen molar-refractivity contribution in [2.45, 2.75) is 65.7 Å². The van der Waals surface area contributed by atoms with Gasteiger partial charge in [-0.05, 0) is 61.1 Å². The Balaban J connectivity index is 2.11. The Hall–Kier alpha value is -1.87. The summed E-state index contributed by atoms with van der Waals surface area (Å²) in [6, 6.07) is 10.7.